The maximum absolute atomic E-state index is 12.8. The van der Waals surface area contributed by atoms with Crippen LogP contribution in [0.4, 0.5) is 5.69 Å². The quantitative estimate of drug-likeness (QED) is 0.209. The molecule has 1 fully saturated rings. The van der Waals surface area contributed by atoms with Crippen LogP contribution in [0.2, 0.25) is 5.02 Å². The van der Waals surface area contributed by atoms with E-state index >= 15 is 0 Å². The Morgan fingerprint density at radius 3 is 2.65 bits per heavy atom. The van der Waals surface area contributed by atoms with E-state index < -0.39 is 16.7 Å². The zero-order valence-corrected chi connectivity index (χ0v) is 19.7. The normalized spacial score (nSPS) is 14.5. The number of halogens is 1. The number of non-ortho nitro benzene ring substituents is 1. The number of carbonyl (C=O) groups is 2. The Kier molecular flexibility index (Phi) is 6.68. The van der Waals surface area contributed by atoms with E-state index in [2.05, 4.69) is 5.43 Å². The highest BCUT2D eigenvalue weighted by molar-refractivity contribution is 8.26. The number of thioether (sulfide) groups is 1. The molecule has 1 aromatic heterocycles. The first-order chi connectivity index (χ1) is 16.3. The molecule has 12 heteroatoms. The summed E-state index contributed by atoms with van der Waals surface area (Å²) in [6, 6.07) is 13.6. The molecule has 9 nitrogen and oxygen atoms in total. The van der Waals surface area contributed by atoms with E-state index in [1.54, 1.807) is 24.3 Å². The Bertz CT molecular complexity index is 1350. The molecule has 0 unspecified atom stereocenters. The molecule has 1 N–H and O–H groups in total. The Hall–Kier alpha value is -3.67. The highest BCUT2D eigenvalue weighted by atomic mass is 35.5. The van der Waals surface area contributed by atoms with E-state index in [-0.39, 0.29) is 20.7 Å². The van der Waals surface area contributed by atoms with Gasteiger partial charge < -0.3 is 9.15 Å². The van der Waals surface area contributed by atoms with Crippen molar-refractivity contribution in [1.82, 2.24) is 10.4 Å². The topological polar surface area (TPSA) is 115 Å². The number of nitrogens with zero attached hydrogens (tertiary/aromatic N) is 2. The molecule has 1 aliphatic heterocycles. The maximum atomic E-state index is 12.8. The fourth-order valence-corrected chi connectivity index (χ4v) is 4.32. The third-order valence-corrected chi connectivity index (χ3v) is 6.23. The molecule has 0 spiro atoms. The number of thiocarbonyl (C=S) groups is 1. The van der Waals surface area contributed by atoms with Crippen molar-refractivity contribution >= 4 is 63.5 Å². The highest BCUT2D eigenvalue weighted by Crippen LogP contribution is 2.36. The van der Waals surface area contributed by atoms with E-state index in [1.807, 2.05) is 0 Å². The second kappa shape index (κ2) is 9.67. The smallest absolute Gasteiger partial charge is 0.285 e. The molecule has 2 amide bonds. The monoisotopic (exact) mass is 515 g/mol. The first-order valence-electron chi connectivity index (χ1n) is 9.54. The second-order valence-electron chi connectivity index (χ2n) is 6.81. The van der Waals surface area contributed by atoms with Gasteiger partial charge in [-0.05, 0) is 54.7 Å². The Balaban J connectivity index is 1.53. The van der Waals surface area contributed by atoms with E-state index in [0.29, 0.717) is 27.7 Å². The third-order valence-electron chi connectivity index (χ3n) is 4.67. The molecule has 2 heterocycles. The molecule has 0 radical (unpaired) electrons. The first kappa shape index (κ1) is 23.5. The minimum absolute atomic E-state index is 0.114. The Morgan fingerprint density at radius 1 is 1.24 bits per heavy atom. The summed E-state index contributed by atoms with van der Waals surface area (Å²) < 4.78 is 11.2. The SMILES string of the molecule is COc1cc([N+](=O)[O-])ccc1-c1ccc(/C=C2/SC(=S)N(NC(=O)c3ccc(Cl)cc3)C2=O)o1. The number of furan rings is 1. The van der Waals surface area contributed by atoms with Crippen molar-refractivity contribution in [3.8, 4) is 17.1 Å². The van der Waals surface area contributed by atoms with Crippen LogP contribution in [0.3, 0.4) is 0 Å². The van der Waals surface area contributed by atoms with Gasteiger partial charge in [-0.15, -0.1) is 0 Å². The molecule has 1 aliphatic rings. The number of methoxy groups -OCH3 is 1. The minimum Gasteiger partial charge on any atom is -0.496 e. The number of hydrazine groups is 1. The summed E-state index contributed by atoms with van der Waals surface area (Å²) in [6.45, 7) is 0. The van der Waals surface area contributed by atoms with Gasteiger partial charge in [0.2, 0.25) is 0 Å². The summed E-state index contributed by atoms with van der Waals surface area (Å²) in [7, 11) is 1.40. The van der Waals surface area contributed by atoms with Crippen LogP contribution in [-0.4, -0.2) is 33.2 Å². The molecule has 0 aliphatic carbocycles. The molecule has 4 rings (SSSR count). The lowest BCUT2D eigenvalue weighted by atomic mass is 10.1. The number of amides is 2. The Morgan fingerprint density at radius 2 is 1.97 bits per heavy atom. The first-order valence-corrected chi connectivity index (χ1v) is 11.1. The lowest BCUT2D eigenvalue weighted by Crippen LogP contribution is -2.44. The number of hydrogen-bond donors (Lipinski definition) is 1. The molecular weight excluding hydrogens is 502 g/mol. The van der Waals surface area contributed by atoms with Crippen LogP contribution in [0, 0.1) is 10.1 Å². The van der Waals surface area contributed by atoms with Gasteiger partial charge in [-0.3, -0.25) is 25.1 Å². The zero-order valence-electron chi connectivity index (χ0n) is 17.3. The van der Waals surface area contributed by atoms with Gasteiger partial charge in [-0.1, -0.05) is 23.4 Å². The van der Waals surface area contributed by atoms with Crippen molar-refractivity contribution < 1.29 is 23.7 Å². The van der Waals surface area contributed by atoms with Gasteiger partial charge in [0.05, 0.1) is 28.6 Å². The fourth-order valence-electron chi connectivity index (χ4n) is 3.03. The summed E-state index contributed by atoms with van der Waals surface area (Å²) >= 11 is 12.1. The molecule has 0 atom stereocenters. The summed E-state index contributed by atoms with van der Waals surface area (Å²) in [5, 5.41) is 12.5. The summed E-state index contributed by atoms with van der Waals surface area (Å²) in [5.74, 6) is -0.0151. The summed E-state index contributed by atoms with van der Waals surface area (Å²) in [4.78, 5) is 36.0. The lowest BCUT2D eigenvalue weighted by Gasteiger charge is -2.15. The van der Waals surface area contributed by atoms with Crippen LogP contribution in [-0.2, 0) is 4.79 Å². The van der Waals surface area contributed by atoms with Gasteiger partial charge in [-0.25, -0.2) is 0 Å². The van der Waals surface area contributed by atoms with Crippen LogP contribution < -0.4 is 10.2 Å². The molecule has 1 saturated heterocycles. The van der Waals surface area contributed by atoms with Gasteiger partial charge >= 0.3 is 0 Å². The summed E-state index contributed by atoms with van der Waals surface area (Å²) in [5.41, 5.74) is 3.20. The number of ether oxygens (including phenoxy) is 1. The average molecular weight is 516 g/mol. The van der Waals surface area contributed by atoms with E-state index in [1.165, 1.54) is 43.5 Å². The minimum atomic E-state index is -0.520. The van der Waals surface area contributed by atoms with Crippen LogP contribution in [0.15, 0.2) is 63.9 Å². The number of rotatable bonds is 6. The van der Waals surface area contributed by atoms with Crippen molar-refractivity contribution in [3.63, 3.8) is 0 Å². The van der Waals surface area contributed by atoms with Gasteiger partial charge in [0, 0.05) is 22.7 Å². The highest BCUT2D eigenvalue weighted by Gasteiger charge is 2.34. The zero-order chi connectivity index (χ0) is 24.4. The van der Waals surface area contributed by atoms with E-state index in [4.69, 9.17) is 33.0 Å². The van der Waals surface area contributed by atoms with Crippen LogP contribution in [0.25, 0.3) is 17.4 Å². The maximum Gasteiger partial charge on any atom is 0.285 e. The van der Waals surface area contributed by atoms with Gasteiger partial charge in [0.25, 0.3) is 17.5 Å². The molecule has 0 bridgehead atoms. The van der Waals surface area contributed by atoms with E-state index in [0.717, 1.165) is 16.8 Å². The molecule has 172 valence electrons. The third kappa shape index (κ3) is 4.81. The number of hydrogen-bond acceptors (Lipinski definition) is 8. The van der Waals surface area contributed by atoms with Crippen LogP contribution >= 0.6 is 35.6 Å². The summed E-state index contributed by atoms with van der Waals surface area (Å²) in [6.07, 6.45) is 1.50. The van der Waals surface area contributed by atoms with Crippen molar-refractivity contribution in [2.24, 2.45) is 0 Å². The molecule has 0 saturated carbocycles. The van der Waals surface area contributed by atoms with Crippen molar-refractivity contribution in [1.29, 1.82) is 0 Å². The second-order valence-corrected chi connectivity index (χ2v) is 8.92. The standard InChI is InChI=1S/C22H14ClN3O6S2/c1-31-18-10-14(26(29)30)6-8-16(18)17-9-7-15(32-17)11-19-21(28)25(22(33)34-19)24-20(27)12-2-4-13(23)5-3-12/h2-11H,1H3,(H,24,27)/b19-11+. The fraction of sp³-hybridized carbons (Fsp3) is 0.0455. The van der Waals surface area contributed by atoms with Crippen molar-refractivity contribution in [2.45, 2.75) is 0 Å². The van der Waals surface area contributed by atoms with E-state index in [9.17, 15) is 19.7 Å². The number of nitrogens with one attached hydrogen (secondary N) is 1. The molecular formula is C22H14ClN3O6S2. The average Bonchev–Trinajstić information content (AvgIpc) is 3.39. The molecule has 2 aromatic carbocycles. The predicted molar refractivity (Wildman–Crippen MR) is 131 cm³/mol. The number of benzene rings is 2. The number of nitro groups is 1. The van der Waals surface area contributed by atoms with Crippen LogP contribution in [0.5, 0.6) is 5.75 Å². The van der Waals surface area contributed by atoms with Gasteiger partial charge in [-0.2, -0.15) is 5.01 Å². The predicted octanol–water partition coefficient (Wildman–Crippen LogP) is 5.06. The molecule has 34 heavy (non-hydrogen) atoms. The van der Waals surface area contributed by atoms with Crippen LogP contribution in [0.1, 0.15) is 16.1 Å². The van der Waals surface area contributed by atoms with Gasteiger partial charge in [0.1, 0.15) is 17.3 Å². The number of nitro benzene ring substituents is 1. The molecule has 3 aromatic rings. The van der Waals surface area contributed by atoms with Crippen molar-refractivity contribution in [2.75, 3.05) is 7.11 Å². The Labute approximate surface area is 207 Å². The lowest BCUT2D eigenvalue weighted by molar-refractivity contribution is -0.384. The largest absolute Gasteiger partial charge is 0.496 e. The number of carbonyl (C=O) groups excluding carboxylic acids is 2. The van der Waals surface area contributed by atoms with Gasteiger partial charge in [0.15, 0.2) is 4.32 Å². The van der Waals surface area contributed by atoms with Crippen molar-refractivity contribution in [3.05, 3.63) is 86.0 Å².